The minimum atomic E-state index is 0. The molecule has 1 aromatic rings. The molecule has 0 bridgehead atoms. The summed E-state index contributed by atoms with van der Waals surface area (Å²) in [5.74, 6) is 1.46. The Kier molecular flexibility index (Phi) is 9.00. The van der Waals surface area contributed by atoms with Crippen LogP contribution in [0.2, 0.25) is 0 Å². The number of carbonyl (C=O) groups excluding carboxylic acids is 1. The fraction of sp³-hybridized carbons (Fsp3) is 0.300. The lowest BCUT2D eigenvalue weighted by molar-refractivity contribution is 0.276. The maximum absolute atomic E-state index is 11.2. The van der Waals surface area contributed by atoms with E-state index in [2.05, 4.69) is 0 Å². The van der Waals surface area contributed by atoms with E-state index >= 15 is 0 Å². The molecule has 0 atom stereocenters. The van der Waals surface area contributed by atoms with Gasteiger partial charge in [0.1, 0.15) is 0 Å². The van der Waals surface area contributed by atoms with E-state index in [-0.39, 0.29) is 16.9 Å². The number of thioether (sulfide) groups is 2. The Morgan fingerprint density at radius 3 is 2.47 bits per heavy atom. The maximum atomic E-state index is 11.2. The van der Waals surface area contributed by atoms with Crippen LogP contribution in [-0.4, -0.2) is 16.7 Å². The molecular weight excluding hydrogens is 250 g/mol. The van der Waals surface area contributed by atoms with Crippen molar-refractivity contribution in [2.75, 3.05) is 12.3 Å². The molecule has 0 fully saturated rings. The second-order valence-electron chi connectivity index (χ2n) is 2.66. The first-order valence-corrected chi connectivity index (χ1v) is 6.33. The van der Waals surface area contributed by atoms with E-state index in [1.165, 1.54) is 29.1 Å². The van der Waals surface area contributed by atoms with Crippen molar-refractivity contribution in [3.8, 4) is 0 Å². The molecule has 84 valence electrons. The van der Waals surface area contributed by atoms with Crippen LogP contribution in [-0.2, 0) is 5.75 Å². The van der Waals surface area contributed by atoms with Crippen LogP contribution in [0.15, 0.2) is 30.3 Å². The lowest BCUT2D eigenvalue weighted by Crippen LogP contribution is -2.02. The Labute approximate surface area is 105 Å². The number of carbonyl (C=O) groups is 1. The molecule has 1 rings (SSSR count). The minimum Gasteiger partial charge on any atom is -0.330 e. The standard InChI is InChI=1S/C10H13NOS2.ClH/c11-6-7-13-10(12)14-8-9-4-2-1-3-5-9;/h1-5H,6-8,11H2;1H. The first kappa shape index (κ1) is 14.8. The molecule has 0 aliphatic rings. The normalized spacial score (nSPS) is 9.40. The van der Waals surface area contributed by atoms with Crippen LogP contribution in [0.1, 0.15) is 5.56 Å². The molecule has 0 aliphatic heterocycles. The lowest BCUT2D eigenvalue weighted by Gasteiger charge is -1.99. The molecule has 1 aromatic carbocycles. The summed E-state index contributed by atoms with van der Waals surface area (Å²) in [5.41, 5.74) is 6.48. The molecule has 0 aromatic heterocycles. The van der Waals surface area contributed by atoms with Crippen molar-refractivity contribution >= 4 is 40.4 Å². The number of halogens is 1. The molecule has 15 heavy (non-hydrogen) atoms. The molecule has 5 heteroatoms. The van der Waals surface area contributed by atoms with Crippen molar-refractivity contribution in [2.45, 2.75) is 5.75 Å². The predicted molar refractivity (Wildman–Crippen MR) is 71.9 cm³/mol. The van der Waals surface area contributed by atoms with Gasteiger partial charge in [-0.05, 0) is 5.56 Å². The van der Waals surface area contributed by atoms with Gasteiger partial charge < -0.3 is 5.73 Å². The van der Waals surface area contributed by atoms with Crippen molar-refractivity contribution in [1.29, 1.82) is 0 Å². The van der Waals surface area contributed by atoms with Crippen molar-refractivity contribution in [2.24, 2.45) is 5.73 Å². The van der Waals surface area contributed by atoms with Gasteiger partial charge in [0.05, 0.1) is 0 Å². The van der Waals surface area contributed by atoms with E-state index in [0.717, 1.165) is 5.75 Å². The fourth-order valence-corrected chi connectivity index (χ4v) is 2.42. The van der Waals surface area contributed by atoms with Gasteiger partial charge in [-0.25, -0.2) is 0 Å². The highest BCUT2D eigenvalue weighted by Crippen LogP contribution is 2.20. The summed E-state index contributed by atoms with van der Waals surface area (Å²) in [6, 6.07) is 9.97. The maximum Gasteiger partial charge on any atom is 0.246 e. The molecule has 0 radical (unpaired) electrons. The summed E-state index contributed by atoms with van der Waals surface area (Å²) in [5, 5.41) is 0. The number of rotatable bonds is 4. The van der Waals surface area contributed by atoms with Gasteiger partial charge in [-0.3, -0.25) is 4.79 Å². The molecule has 0 saturated carbocycles. The van der Waals surface area contributed by atoms with Crippen molar-refractivity contribution in [3.05, 3.63) is 35.9 Å². The van der Waals surface area contributed by atoms with Crippen molar-refractivity contribution in [1.82, 2.24) is 0 Å². The summed E-state index contributed by atoms with van der Waals surface area (Å²) < 4.78 is 0.152. The first-order chi connectivity index (χ1) is 6.83. The monoisotopic (exact) mass is 263 g/mol. The van der Waals surface area contributed by atoms with E-state index in [0.29, 0.717) is 12.3 Å². The molecule has 0 heterocycles. The summed E-state index contributed by atoms with van der Waals surface area (Å²) in [4.78, 5) is 11.2. The second-order valence-corrected chi connectivity index (χ2v) is 4.94. The third-order valence-electron chi connectivity index (χ3n) is 1.54. The van der Waals surface area contributed by atoms with Crippen LogP contribution < -0.4 is 5.73 Å². The number of hydrogen-bond acceptors (Lipinski definition) is 4. The van der Waals surface area contributed by atoms with Crippen LogP contribution in [0.25, 0.3) is 0 Å². The third-order valence-corrected chi connectivity index (χ3v) is 3.63. The highest BCUT2D eigenvalue weighted by Gasteiger charge is 2.02. The quantitative estimate of drug-likeness (QED) is 0.906. The Hall–Kier alpha value is -0.160. The molecule has 0 unspecified atom stereocenters. The summed E-state index contributed by atoms with van der Waals surface area (Å²) in [7, 11) is 0. The van der Waals surface area contributed by atoms with Crippen LogP contribution in [0.3, 0.4) is 0 Å². The number of nitrogens with two attached hydrogens (primary N) is 1. The van der Waals surface area contributed by atoms with Gasteiger partial charge in [0, 0.05) is 18.1 Å². The van der Waals surface area contributed by atoms with Gasteiger partial charge in [0.2, 0.25) is 4.45 Å². The summed E-state index contributed by atoms with van der Waals surface area (Å²) in [6.07, 6.45) is 0. The Morgan fingerprint density at radius 2 is 1.87 bits per heavy atom. The topological polar surface area (TPSA) is 43.1 Å². The average molecular weight is 264 g/mol. The van der Waals surface area contributed by atoms with Crippen molar-refractivity contribution in [3.63, 3.8) is 0 Å². The smallest absolute Gasteiger partial charge is 0.246 e. The Bertz CT molecular complexity index is 282. The van der Waals surface area contributed by atoms with E-state index in [9.17, 15) is 4.79 Å². The molecule has 2 N–H and O–H groups in total. The van der Waals surface area contributed by atoms with Gasteiger partial charge in [0.15, 0.2) is 0 Å². The molecular formula is C10H14ClNOS2. The third kappa shape index (κ3) is 6.84. The Morgan fingerprint density at radius 1 is 1.20 bits per heavy atom. The summed E-state index contributed by atoms with van der Waals surface area (Å²) >= 11 is 2.63. The number of benzene rings is 1. The van der Waals surface area contributed by atoms with Gasteiger partial charge >= 0.3 is 0 Å². The number of hydrogen-bond donors (Lipinski definition) is 1. The minimum absolute atomic E-state index is 0. The zero-order valence-corrected chi connectivity index (χ0v) is 10.7. The van der Waals surface area contributed by atoms with Crippen LogP contribution in [0.4, 0.5) is 4.79 Å². The SMILES string of the molecule is Cl.NCCSC(=O)SCc1ccccc1. The zero-order chi connectivity index (χ0) is 10.2. The lowest BCUT2D eigenvalue weighted by atomic mass is 10.2. The van der Waals surface area contributed by atoms with Crippen LogP contribution >= 0.6 is 35.9 Å². The predicted octanol–water partition coefficient (Wildman–Crippen LogP) is 3.15. The van der Waals surface area contributed by atoms with Gasteiger partial charge in [-0.15, -0.1) is 12.4 Å². The second kappa shape index (κ2) is 9.09. The summed E-state index contributed by atoms with van der Waals surface area (Å²) in [6.45, 7) is 0.558. The fourth-order valence-electron chi connectivity index (χ4n) is 0.900. The van der Waals surface area contributed by atoms with E-state index in [4.69, 9.17) is 5.73 Å². The molecule has 0 aliphatic carbocycles. The highest BCUT2D eigenvalue weighted by molar-refractivity contribution is 8.38. The molecule has 0 spiro atoms. The first-order valence-electron chi connectivity index (χ1n) is 4.36. The average Bonchev–Trinajstić information content (AvgIpc) is 2.25. The zero-order valence-electron chi connectivity index (χ0n) is 8.22. The van der Waals surface area contributed by atoms with E-state index in [1.807, 2.05) is 30.3 Å². The Balaban J connectivity index is 0.00000196. The largest absolute Gasteiger partial charge is 0.330 e. The van der Waals surface area contributed by atoms with Crippen LogP contribution in [0, 0.1) is 0 Å². The van der Waals surface area contributed by atoms with E-state index in [1.54, 1.807) is 0 Å². The van der Waals surface area contributed by atoms with E-state index < -0.39 is 0 Å². The van der Waals surface area contributed by atoms with Crippen LogP contribution in [0.5, 0.6) is 0 Å². The molecule has 0 amide bonds. The van der Waals surface area contributed by atoms with Gasteiger partial charge in [-0.2, -0.15) is 0 Å². The van der Waals surface area contributed by atoms with Gasteiger partial charge in [-0.1, -0.05) is 53.9 Å². The molecule has 0 saturated heterocycles. The highest BCUT2D eigenvalue weighted by atomic mass is 35.5. The van der Waals surface area contributed by atoms with Crippen molar-refractivity contribution < 1.29 is 4.79 Å². The van der Waals surface area contributed by atoms with Gasteiger partial charge in [0.25, 0.3) is 0 Å². The molecule has 2 nitrogen and oxygen atoms in total.